The van der Waals surface area contributed by atoms with Gasteiger partial charge in [0.05, 0.1) is 31.9 Å². The van der Waals surface area contributed by atoms with Crippen LogP contribution in [0, 0.1) is 0 Å². The van der Waals surface area contributed by atoms with Crippen molar-refractivity contribution in [2.45, 2.75) is 44.2 Å². The molecule has 1 atom stereocenters. The fourth-order valence-corrected chi connectivity index (χ4v) is 4.27. The van der Waals surface area contributed by atoms with Crippen molar-refractivity contribution < 1.29 is 14.3 Å². The molecule has 3 rings (SSSR count). The molecular formula is C21H33N3O3. The number of rotatable bonds is 6. The fourth-order valence-electron chi connectivity index (χ4n) is 4.27. The van der Waals surface area contributed by atoms with Gasteiger partial charge in [-0.1, -0.05) is 31.0 Å². The Morgan fingerprint density at radius 2 is 1.96 bits per heavy atom. The van der Waals surface area contributed by atoms with Crippen LogP contribution in [0.5, 0.6) is 5.75 Å². The van der Waals surface area contributed by atoms with Crippen LogP contribution in [0.4, 0.5) is 4.79 Å². The lowest BCUT2D eigenvalue weighted by Gasteiger charge is -2.39. The van der Waals surface area contributed by atoms with Gasteiger partial charge >= 0.3 is 6.03 Å². The van der Waals surface area contributed by atoms with E-state index < -0.39 is 0 Å². The second kappa shape index (κ2) is 8.93. The minimum atomic E-state index is -0.122. The number of ether oxygens (including phenoxy) is 2. The van der Waals surface area contributed by atoms with Gasteiger partial charge in [0.1, 0.15) is 5.75 Å². The van der Waals surface area contributed by atoms with E-state index in [4.69, 9.17) is 9.47 Å². The predicted molar refractivity (Wildman–Crippen MR) is 106 cm³/mol. The zero-order valence-corrected chi connectivity index (χ0v) is 16.9. The number of para-hydroxylation sites is 1. The Morgan fingerprint density at radius 1 is 1.30 bits per heavy atom. The van der Waals surface area contributed by atoms with Crippen LogP contribution in [0.3, 0.4) is 0 Å². The van der Waals surface area contributed by atoms with Crippen molar-refractivity contribution in [1.29, 1.82) is 0 Å². The number of nitrogens with one attached hydrogen (secondary N) is 1. The first-order chi connectivity index (χ1) is 13.0. The summed E-state index contributed by atoms with van der Waals surface area (Å²) in [5.74, 6) is 0.813. The van der Waals surface area contributed by atoms with E-state index in [1.165, 1.54) is 12.8 Å². The van der Waals surface area contributed by atoms with Gasteiger partial charge in [-0.2, -0.15) is 0 Å². The van der Waals surface area contributed by atoms with Crippen LogP contribution in [0.1, 0.15) is 44.2 Å². The Hall–Kier alpha value is -1.79. The van der Waals surface area contributed by atoms with Crippen LogP contribution in [0.25, 0.3) is 0 Å². The summed E-state index contributed by atoms with van der Waals surface area (Å²) < 4.78 is 10.9. The van der Waals surface area contributed by atoms with E-state index in [1.54, 1.807) is 12.0 Å². The standard InChI is InChI=1S/C21H33N3O3/c1-17(18-8-4-5-9-19(18)26-3)23(2)20(25)22-21(10-6-7-11-21)16-24-12-14-27-15-13-24/h4-5,8-9,17H,6-7,10-16H2,1-3H3,(H,22,25)/t17-/m1/s1. The van der Waals surface area contributed by atoms with Crippen LogP contribution in [-0.2, 0) is 4.74 Å². The molecule has 1 saturated carbocycles. The molecule has 6 nitrogen and oxygen atoms in total. The number of morpholine rings is 1. The minimum absolute atomic E-state index is 0.0106. The number of hydrogen-bond donors (Lipinski definition) is 1. The molecule has 1 N–H and O–H groups in total. The van der Waals surface area contributed by atoms with Crippen molar-refractivity contribution in [2.75, 3.05) is 47.0 Å². The molecule has 150 valence electrons. The number of amides is 2. The van der Waals surface area contributed by atoms with Crippen molar-refractivity contribution in [2.24, 2.45) is 0 Å². The van der Waals surface area contributed by atoms with Gasteiger partial charge in [-0.15, -0.1) is 0 Å². The van der Waals surface area contributed by atoms with Crippen LogP contribution in [0.15, 0.2) is 24.3 Å². The highest BCUT2D eigenvalue weighted by Gasteiger charge is 2.38. The summed E-state index contributed by atoms with van der Waals surface area (Å²) >= 11 is 0. The molecule has 0 aromatic heterocycles. The van der Waals surface area contributed by atoms with E-state index in [1.807, 2.05) is 38.2 Å². The summed E-state index contributed by atoms with van der Waals surface area (Å²) in [6.45, 7) is 6.43. The van der Waals surface area contributed by atoms with E-state index in [-0.39, 0.29) is 17.6 Å². The zero-order valence-electron chi connectivity index (χ0n) is 16.9. The maximum absolute atomic E-state index is 13.1. The monoisotopic (exact) mass is 375 g/mol. The van der Waals surface area contributed by atoms with Gasteiger partial charge in [0.2, 0.25) is 0 Å². The highest BCUT2D eigenvalue weighted by molar-refractivity contribution is 5.75. The van der Waals surface area contributed by atoms with Gasteiger partial charge in [0, 0.05) is 32.2 Å². The summed E-state index contributed by atoms with van der Waals surface area (Å²) in [6, 6.07) is 7.81. The van der Waals surface area contributed by atoms with Crippen LogP contribution in [0.2, 0.25) is 0 Å². The van der Waals surface area contributed by atoms with Crippen molar-refractivity contribution in [3.8, 4) is 5.75 Å². The molecule has 2 fully saturated rings. The van der Waals surface area contributed by atoms with Crippen LogP contribution < -0.4 is 10.1 Å². The Labute approximate surface area is 162 Å². The average Bonchev–Trinajstić information content (AvgIpc) is 3.15. The first-order valence-corrected chi connectivity index (χ1v) is 10.0. The molecule has 1 heterocycles. The molecule has 0 radical (unpaired) electrons. The second-order valence-electron chi connectivity index (χ2n) is 7.83. The number of urea groups is 1. The summed E-state index contributed by atoms with van der Waals surface area (Å²) in [7, 11) is 3.53. The van der Waals surface area contributed by atoms with E-state index in [0.29, 0.717) is 0 Å². The largest absolute Gasteiger partial charge is 0.496 e. The van der Waals surface area contributed by atoms with Crippen molar-refractivity contribution >= 4 is 6.03 Å². The normalized spacial score (nSPS) is 20.9. The molecule has 1 aromatic carbocycles. The first kappa shape index (κ1) is 20.0. The SMILES string of the molecule is COc1ccccc1[C@@H](C)N(C)C(=O)NC1(CN2CCOCC2)CCCC1. The number of nitrogens with zero attached hydrogens (tertiary/aromatic N) is 2. The van der Waals surface area contributed by atoms with E-state index in [0.717, 1.165) is 57.0 Å². The van der Waals surface area contributed by atoms with Crippen LogP contribution in [-0.4, -0.2) is 68.4 Å². The molecule has 0 unspecified atom stereocenters. The number of methoxy groups -OCH3 is 1. The van der Waals surface area contributed by atoms with E-state index in [9.17, 15) is 4.79 Å². The third-order valence-corrected chi connectivity index (χ3v) is 6.05. The van der Waals surface area contributed by atoms with Crippen molar-refractivity contribution in [3.05, 3.63) is 29.8 Å². The number of carbonyl (C=O) groups excluding carboxylic acids is 1. The van der Waals surface area contributed by atoms with E-state index in [2.05, 4.69) is 10.2 Å². The van der Waals surface area contributed by atoms with Crippen LogP contribution >= 0.6 is 0 Å². The maximum Gasteiger partial charge on any atom is 0.318 e. The van der Waals surface area contributed by atoms with Gasteiger partial charge in [0.25, 0.3) is 0 Å². The smallest absolute Gasteiger partial charge is 0.318 e. The van der Waals surface area contributed by atoms with Gasteiger partial charge in [-0.25, -0.2) is 4.79 Å². The number of benzene rings is 1. The molecule has 1 aliphatic carbocycles. The quantitative estimate of drug-likeness (QED) is 0.830. The topological polar surface area (TPSA) is 54.0 Å². The summed E-state index contributed by atoms with van der Waals surface area (Å²) in [5.41, 5.74) is 0.898. The first-order valence-electron chi connectivity index (χ1n) is 10.0. The lowest BCUT2D eigenvalue weighted by atomic mass is 9.96. The highest BCUT2D eigenvalue weighted by Crippen LogP contribution is 2.32. The summed E-state index contributed by atoms with van der Waals surface area (Å²) in [6.07, 6.45) is 4.45. The molecule has 1 aromatic rings. The lowest BCUT2D eigenvalue weighted by Crippen LogP contribution is -2.58. The summed E-state index contributed by atoms with van der Waals surface area (Å²) in [5, 5.41) is 3.39. The predicted octanol–water partition coefficient (Wildman–Crippen LogP) is 3.04. The van der Waals surface area contributed by atoms with Gasteiger partial charge in [-0.05, 0) is 25.8 Å². The molecule has 6 heteroatoms. The number of carbonyl (C=O) groups is 1. The highest BCUT2D eigenvalue weighted by atomic mass is 16.5. The van der Waals surface area contributed by atoms with Gasteiger partial charge in [0.15, 0.2) is 0 Å². The Bertz CT molecular complexity index is 625. The molecule has 1 aliphatic heterocycles. The van der Waals surface area contributed by atoms with E-state index >= 15 is 0 Å². The molecular weight excluding hydrogens is 342 g/mol. The third kappa shape index (κ3) is 4.74. The van der Waals surface area contributed by atoms with Crippen molar-refractivity contribution in [3.63, 3.8) is 0 Å². The van der Waals surface area contributed by atoms with Gasteiger partial charge in [-0.3, -0.25) is 4.90 Å². The minimum Gasteiger partial charge on any atom is -0.496 e. The number of hydrogen-bond acceptors (Lipinski definition) is 4. The average molecular weight is 376 g/mol. The van der Waals surface area contributed by atoms with Crippen molar-refractivity contribution in [1.82, 2.24) is 15.1 Å². The molecule has 27 heavy (non-hydrogen) atoms. The Balaban J connectivity index is 1.67. The molecule has 0 spiro atoms. The fraction of sp³-hybridized carbons (Fsp3) is 0.667. The molecule has 2 amide bonds. The molecule has 1 saturated heterocycles. The second-order valence-corrected chi connectivity index (χ2v) is 7.83. The zero-order chi connectivity index (χ0) is 19.3. The Morgan fingerprint density at radius 3 is 2.63 bits per heavy atom. The Kier molecular flexibility index (Phi) is 6.60. The lowest BCUT2D eigenvalue weighted by molar-refractivity contribution is 0.0245. The van der Waals surface area contributed by atoms with Gasteiger partial charge < -0.3 is 19.7 Å². The molecule has 2 aliphatic rings. The molecule has 0 bridgehead atoms. The summed E-state index contributed by atoms with van der Waals surface area (Å²) in [4.78, 5) is 17.3. The maximum atomic E-state index is 13.1. The third-order valence-electron chi connectivity index (χ3n) is 6.05.